The molecule has 0 radical (unpaired) electrons. The number of rotatable bonds is 10. The van der Waals surface area contributed by atoms with Gasteiger partial charge in [-0.05, 0) is 47.4 Å². The lowest BCUT2D eigenvalue weighted by atomic mass is 9.98. The predicted octanol–water partition coefficient (Wildman–Crippen LogP) is 3.92. The van der Waals surface area contributed by atoms with Gasteiger partial charge in [0.05, 0.1) is 5.92 Å². The molecular weight excluding hydrogens is 420 g/mol. The van der Waals surface area contributed by atoms with Crippen molar-refractivity contribution >= 4 is 18.0 Å². The molecule has 0 aromatic heterocycles. The Hall–Kier alpha value is -3.35. The van der Waals surface area contributed by atoms with Crippen LogP contribution < -0.4 is 10.6 Å². The number of aliphatic carboxylic acids is 1. The van der Waals surface area contributed by atoms with Crippen molar-refractivity contribution in [1.29, 1.82) is 0 Å². The van der Waals surface area contributed by atoms with Gasteiger partial charge >= 0.3 is 12.1 Å². The van der Waals surface area contributed by atoms with E-state index in [0.29, 0.717) is 25.8 Å². The molecule has 3 N–H and O–H groups in total. The summed E-state index contributed by atoms with van der Waals surface area (Å²) in [6.07, 6.45) is 1.59. The lowest BCUT2D eigenvalue weighted by molar-refractivity contribution is -0.139. The van der Waals surface area contributed by atoms with Crippen LogP contribution in [0.15, 0.2) is 48.5 Å². The maximum atomic E-state index is 12.5. The third-order valence-electron chi connectivity index (χ3n) is 6.68. The number of carboxylic acids is 1. The molecule has 4 rings (SSSR count). The number of carbonyl (C=O) groups is 3. The Morgan fingerprint density at radius 2 is 1.70 bits per heavy atom. The zero-order valence-electron chi connectivity index (χ0n) is 18.8. The molecule has 0 spiro atoms. The van der Waals surface area contributed by atoms with Crippen molar-refractivity contribution in [2.24, 2.45) is 11.8 Å². The van der Waals surface area contributed by atoms with Gasteiger partial charge in [-0.3, -0.25) is 9.59 Å². The van der Waals surface area contributed by atoms with Gasteiger partial charge in [-0.15, -0.1) is 0 Å². The van der Waals surface area contributed by atoms with Crippen LogP contribution in [0.25, 0.3) is 11.1 Å². The van der Waals surface area contributed by atoms with Gasteiger partial charge in [-0.25, -0.2) is 4.79 Å². The highest BCUT2D eigenvalue weighted by atomic mass is 16.5. The lowest BCUT2D eigenvalue weighted by Gasteiger charge is -2.19. The Kier molecular flexibility index (Phi) is 6.96. The zero-order chi connectivity index (χ0) is 23.4. The molecule has 1 unspecified atom stereocenters. The van der Waals surface area contributed by atoms with Crippen molar-refractivity contribution in [2.45, 2.75) is 44.6 Å². The number of ether oxygens (including phenoxy) is 1. The molecule has 0 heterocycles. The topological polar surface area (TPSA) is 105 Å². The zero-order valence-corrected chi connectivity index (χ0v) is 18.8. The highest BCUT2D eigenvalue weighted by Gasteiger charge is 2.42. The fourth-order valence-corrected chi connectivity index (χ4v) is 4.60. The lowest BCUT2D eigenvalue weighted by Crippen LogP contribution is -2.37. The summed E-state index contributed by atoms with van der Waals surface area (Å²) in [5.74, 6) is -1.21. The van der Waals surface area contributed by atoms with E-state index in [-0.39, 0.29) is 42.7 Å². The molecule has 3 atom stereocenters. The molecule has 174 valence electrons. The molecule has 0 saturated heterocycles. The van der Waals surface area contributed by atoms with Crippen LogP contribution in [0, 0.1) is 11.8 Å². The first kappa shape index (κ1) is 22.8. The van der Waals surface area contributed by atoms with Gasteiger partial charge in [0.2, 0.25) is 5.91 Å². The van der Waals surface area contributed by atoms with Crippen LogP contribution in [0.5, 0.6) is 0 Å². The van der Waals surface area contributed by atoms with Gasteiger partial charge in [0, 0.05) is 24.9 Å². The molecule has 2 amide bonds. The molecule has 0 bridgehead atoms. The Labute approximate surface area is 193 Å². The van der Waals surface area contributed by atoms with Crippen LogP contribution in [0.2, 0.25) is 0 Å². The molecule has 2 aliphatic rings. The maximum Gasteiger partial charge on any atom is 0.407 e. The predicted molar refractivity (Wildman–Crippen MR) is 124 cm³/mol. The highest BCUT2D eigenvalue weighted by molar-refractivity contribution is 5.79. The van der Waals surface area contributed by atoms with Crippen molar-refractivity contribution in [3.8, 4) is 11.1 Å². The van der Waals surface area contributed by atoms with E-state index in [0.717, 1.165) is 11.1 Å². The van der Waals surface area contributed by atoms with E-state index in [1.54, 1.807) is 0 Å². The average molecular weight is 451 g/mol. The smallest absolute Gasteiger partial charge is 0.407 e. The summed E-state index contributed by atoms with van der Waals surface area (Å²) in [6, 6.07) is 16.2. The number of carboxylic acid groups (broad SMARTS) is 1. The summed E-state index contributed by atoms with van der Waals surface area (Å²) in [5, 5.41) is 14.6. The highest BCUT2D eigenvalue weighted by Crippen LogP contribution is 2.44. The van der Waals surface area contributed by atoms with E-state index in [1.165, 1.54) is 11.1 Å². The van der Waals surface area contributed by atoms with Crippen LogP contribution in [0.1, 0.15) is 49.7 Å². The van der Waals surface area contributed by atoms with Gasteiger partial charge in [-0.1, -0.05) is 55.5 Å². The number of carbonyl (C=O) groups excluding carboxylic acids is 2. The van der Waals surface area contributed by atoms with E-state index in [1.807, 2.05) is 31.2 Å². The summed E-state index contributed by atoms with van der Waals surface area (Å²) < 4.78 is 5.59. The number of amides is 2. The Morgan fingerprint density at radius 1 is 1.06 bits per heavy atom. The number of benzene rings is 2. The molecule has 2 aromatic rings. The van der Waals surface area contributed by atoms with Gasteiger partial charge in [0.1, 0.15) is 6.61 Å². The summed E-state index contributed by atoms with van der Waals surface area (Å²) in [6.45, 7) is 2.60. The first-order valence-electron chi connectivity index (χ1n) is 11.6. The monoisotopic (exact) mass is 450 g/mol. The van der Waals surface area contributed by atoms with Crippen molar-refractivity contribution < 1.29 is 24.2 Å². The Morgan fingerprint density at radius 3 is 2.27 bits per heavy atom. The molecule has 2 aromatic carbocycles. The Balaban J connectivity index is 1.23. The minimum Gasteiger partial charge on any atom is -0.481 e. The number of alkyl carbamates (subject to hydrolysis) is 1. The minimum absolute atomic E-state index is 0.00561. The van der Waals surface area contributed by atoms with Crippen molar-refractivity contribution in [3.63, 3.8) is 0 Å². The standard InChI is InChI=1S/C26H30N2O5/c1-2-17(11-12-24(29)27-14-16-13-22(16)25(30)31)28-26(32)33-15-23-20-9-5-3-7-18(20)19-8-4-6-10-21(19)23/h3-10,16-17,22-23H,2,11-15H2,1H3,(H,27,29)(H,28,32)(H,30,31)/t16-,17?,22-/m0/s1. The first-order chi connectivity index (χ1) is 16.0. The second kappa shape index (κ2) is 10.1. The van der Waals surface area contributed by atoms with Crippen LogP contribution in [0.3, 0.4) is 0 Å². The van der Waals surface area contributed by atoms with Gasteiger partial charge < -0.3 is 20.5 Å². The molecule has 0 aliphatic heterocycles. The molecule has 2 aliphatic carbocycles. The quantitative estimate of drug-likeness (QED) is 0.509. The molecule has 33 heavy (non-hydrogen) atoms. The molecule has 7 nitrogen and oxygen atoms in total. The van der Waals surface area contributed by atoms with E-state index in [2.05, 4.69) is 34.9 Å². The van der Waals surface area contributed by atoms with Crippen molar-refractivity contribution in [3.05, 3.63) is 59.7 Å². The van der Waals surface area contributed by atoms with E-state index >= 15 is 0 Å². The third kappa shape index (κ3) is 5.35. The van der Waals surface area contributed by atoms with E-state index in [9.17, 15) is 14.4 Å². The summed E-state index contributed by atoms with van der Waals surface area (Å²) in [7, 11) is 0. The van der Waals surface area contributed by atoms with Crippen LogP contribution in [-0.2, 0) is 14.3 Å². The number of fused-ring (bicyclic) bond motifs is 3. The fraction of sp³-hybridized carbons (Fsp3) is 0.423. The largest absolute Gasteiger partial charge is 0.481 e. The number of nitrogens with one attached hydrogen (secondary N) is 2. The second-order valence-electron chi connectivity index (χ2n) is 8.86. The second-order valence-corrected chi connectivity index (χ2v) is 8.86. The molecular formula is C26H30N2O5. The first-order valence-corrected chi connectivity index (χ1v) is 11.6. The average Bonchev–Trinajstić information content (AvgIpc) is 3.54. The van der Waals surface area contributed by atoms with Crippen molar-refractivity contribution in [2.75, 3.05) is 13.2 Å². The Bertz CT molecular complexity index is 991. The number of hydrogen-bond acceptors (Lipinski definition) is 4. The SMILES string of the molecule is CCC(CCC(=O)NC[C@@H]1C[C@@H]1C(=O)O)NC(=O)OCC1c2ccccc2-c2ccccc21. The van der Waals surface area contributed by atoms with E-state index in [4.69, 9.17) is 9.84 Å². The van der Waals surface area contributed by atoms with Crippen molar-refractivity contribution in [1.82, 2.24) is 10.6 Å². The summed E-state index contributed by atoms with van der Waals surface area (Å²) >= 11 is 0. The van der Waals surface area contributed by atoms with E-state index < -0.39 is 12.1 Å². The fourth-order valence-electron chi connectivity index (χ4n) is 4.60. The minimum atomic E-state index is -0.799. The van der Waals surface area contributed by atoms with Gasteiger partial charge in [0.15, 0.2) is 0 Å². The maximum absolute atomic E-state index is 12.5. The van der Waals surface area contributed by atoms with Gasteiger partial charge in [-0.2, -0.15) is 0 Å². The van der Waals surface area contributed by atoms with Gasteiger partial charge in [0.25, 0.3) is 0 Å². The van der Waals surface area contributed by atoms with Crippen LogP contribution in [-0.4, -0.2) is 42.3 Å². The summed E-state index contributed by atoms with van der Waals surface area (Å²) in [4.78, 5) is 35.4. The summed E-state index contributed by atoms with van der Waals surface area (Å²) in [5.41, 5.74) is 4.69. The molecule has 1 saturated carbocycles. The molecule has 7 heteroatoms. The normalized spacial score (nSPS) is 19.2. The van der Waals surface area contributed by atoms with Crippen LogP contribution >= 0.6 is 0 Å². The third-order valence-corrected chi connectivity index (χ3v) is 6.68. The van der Waals surface area contributed by atoms with Crippen LogP contribution in [0.4, 0.5) is 4.79 Å². The molecule has 1 fully saturated rings. The number of hydrogen-bond donors (Lipinski definition) is 3.